The third-order valence-electron chi connectivity index (χ3n) is 4.36. The van der Waals surface area contributed by atoms with Crippen molar-refractivity contribution in [1.29, 1.82) is 0 Å². The normalized spacial score (nSPS) is 13.9. The lowest BCUT2D eigenvalue weighted by Gasteiger charge is -2.23. The van der Waals surface area contributed by atoms with Crippen molar-refractivity contribution in [2.45, 2.75) is 26.2 Å². The van der Waals surface area contributed by atoms with E-state index >= 15 is 0 Å². The molecule has 0 saturated heterocycles. The number of benzene rings is 2. The summed E-state index contributed by atoms with van der Waals surface area (Å²) in [6.45, 7) is 2.08. The van der Waals surface area contributed by atoms with E-state index in [1.165, 1.54) is 7.11 Å². The van der Waals surface area contributed by atoms with Gasteiger partial charge in [-0.3, -0.25) is 9.59 Å². The van der Waals surface area contributed by atoms with Crippen LogP contribution in [0.3, 0.4) is 0 Å². The molecular formula is C21H20O3. The predicted molar refractivity (Wildman–Crippen MR) is 94.5 cm³/mol. The molecule has 2 aromatic carbocycles. The maximum absolute atomic E-state index is 13.2. The number of fused-ring (bicyclic) bond motifs is 1. The molecule has 1 aliphatic carbocycles. The van der Waals surface area contributed by atoms with Crippen LogP contribution in [0.15, 0.2) is 54.1 Å². The van der Waals surface area contributed by atoms with Gasteiger partial charge in [-0.15, -0.1) is 0 Å². The molecular weight excluding hydrogens is 300 g/mol. The average Bonchev–Trinajstić information content (AvgIpc) is 2.63. The first-order valence-corrected chi connectivity index (χ1v) is 8.24. The molecule has 0 amide bonds. The molecule has 0 spiro atoms. The Hall–Kier alpha value is -2.68. The van der Waals surface area contributed by atoms with Crippen LogP contribution in [0.4, 0.5) is 0 Å². The van der Waals surface area contributed by atoms with E-state index in [0.29, 0.717) is 34.4 Å². The summed E-state index contributed by atoms with van der Waals surface area (Å²) in [5.74, 6) is 0.268. The largest absolute Gasteiger partial charge is 0.496 e. The highest BCUT2D eigenvalue weighted by molar-refractivity contribution is 6.41. The van der Waals surface area contributed by atoms with Crippen molar-refractivity contribution >= 4 is 17.1 Å². The van der Waals surface area contributed by atoms with Crippen molar-refractivity contribution in [3.8, 4) is 5.75 Å². The summed E-state index contributed by atoms with van der Waals surface area (Å²) in [5.41, 5.74) is 2.76. The lowest BCUT2D eigenvalue weighted by molar-refractivity contribution is 0.0986. The van der Waals surface area contributed by atoms with Gasteiger partial charge in [0, 0.05) is 16.7 Å². The number of hydrogen-bond acceptors (Lipinski definition) is 3. The monoisotopic (exact) mass is 320 g/mol. The van der Waals surface area contributed by atoms with Gasteiger partial charge in [-0.2, -0.15) is 0 Å². The van der Waals surface area contributed by atoms with Gasteiger partial charge in [0.1, 0.15) is 5.75 Å². The van der Waals surface area contributed by atoms with Gasteiger partial charge in [-0.25, -0.2) is 0 Å². The number of allylic oxidation sites excluding steroid dienone is 2. The Bertz CT molecular complexity index is 816. The zero-order valence-electron chi connectivity index (χ0n) is 14.0. The Labute approximate surface area is 142 Å². The Morgan fingerprint density at radius 1 is 0.917 bits per heavy atom. The standard InChI is InChI=1S/C21H20O3/c1-3-4-11-15-18(14-9-6-5-7-10-14)21(23)19-16(20(15)22)12-8-13-17(19)24-2/h5-10,12-13H,3-4,11H2,1-2H3. The molecule has 3 heteroatoms. The van der Waals surface area contributed by atoms with Crippen LogP contribution in [0.5, 0.6) is 5.75 Å². The number of rotatable bonds is 5. The molecule has 0 N–H and O–H groups in total. The van der Waals surface area contributed by atoms with Crippen molar-refractivity contribution in [1.82, 2.24) is 0 Å². The molecule has 0 fully saturated rings. The number of ether oxygens (including phenoxy) is 1. The number of Topliss-reactive ketones (excluding diaryl/α,β-unsaturated/α-hetero) is 2. The van der Waals surface area contributed by atoms with E-state index in [1.54, 1.807) is 18.2 Å². The number of unbranched alkanes of at least 4 members (excludes halogenated alkanes) is 1. The number of ketones is 2. The summed E-state index contributed by atoms with van der Waals surface area (Å²) < 4.78 is 5.34. The molecule has 0 aliphatic heterocycles. The minimum Gasteiger partial charge on any atom is -0.496 e. The predicted octanol–water partition coefficient (Wildman–Crippen LogP) is 4.72. The lowest BCUT2D eigenvalue weighted by atomic mass is 9.79. The molecule has 0 saturated carbocycles. The van der Waals surface area contributed by atoms with Crippen LogP contribution in [0.2, 0.25) is 0 Å². The summed E-state index contributed by atoms with van der Waals surface area (Å²) in [6.07, 6.45) is 2.46. The van der Waals surface area contributed by atoms with Gasteiger partial charge in [0.05, 0.1) is 12.7 Å². The summed E-state index contributed by atoms with van der Waals surface area (Å²) in [4.78, 5) is 26.3. The smallest absolute Gasteiger partial charge is 0.198 e. The molecule has 1 aliphatic rings. The number of carbonyl (C=O) groups is 2. The number of carbonyl (C=O) groups excluding carboxylic acids is 2. The molecule has 2 aromatic rings. The summed E-state index contributed by atoms with van der Waals surface area (Å²) in [7, 11) is 1.52. The summed E-state index contributed by atoms with van der Waals surface area (Å²) >= 11 is 0. The van der Waals surface area contributed by atoms with Gasteiger partial charge in [0.2, 0.25) is 0 Å². The maximum atomic E-state index is 13.2. The molecule has 122 valence electrons. The molecule has 3 nitrogen and oxygen atoms in total. The molecule has 0 unspecified atom stereocenters. The number of methoxy groups -OCH3 is 1. The van der Waals surface area contributed by atoms with E-state index in [1.807, 2.05) is 30.3 Å². The summed E-state index contributed by atoms with van der Waals surface area (Å²) in [5, 5.41) is 0. The Morgan fingerprint density at radius 2 is 1.67 bits per heavy atom. The minimum atomic E-state index is -0.126. The molecule has 0 bridgehead atoms. The first kappa shape index (κ1) is 16.2. The second-order valence-electron chi connectivity index (χ2n) is 5.86. The van der Waals surface area contributed by atoms with Crippen LogP contribution in [-0.4, -0.2) is 18.7 Å². The fraction of sp³-hybridized carbons (Fsp3) is 0.238. The number of hydrogen-bond donors (Lipinski definition) is 0. The molecule has 0 atom stereocenters. The second-order valence-corrected chi connectivity index (χ2v) is 5.86. The van der Waals surface area contributed by atoms with Crippen molar-refractivity contribution in [3.63, 3.8) is 0 Å². The summed E-state index contributed by atoms with van der Waals surface area (Å²) in [6, 6.07) is 14.6. The highest BCUT2D eigenvalue weighted by Gasteiger charge is 2.34. The van der Waals surface area contributed by atoms with Crippen LogP contribution in [0, 0.1) is 0 Å². The third kappa shape index (κ3) is 2.67. The van der Waals surface area contributed by atoms with E-state index in [4.69, 9.17) is 4.74 Å². The van der Waals surface area contributed by atoms with Gasteiger partial charge in [-0.05, 0) is 24.5 Å². The Morgan fingerprint density at radius 3 is 2.33 bits per heavy atom. The topological polar surface area (TPSA) is 43.4 Å². The Kier molecular flexibility index (Phi) is 4.61. The van der Waals surface area contributed by atoms with E-state index in [0.717, 1.165) is 18.4 Å². The van der Waals surface area contributed by atoms with Gasteiger partial charge in [-0.1, -0.05) is 55.8 Å². The fourth-order valence-electron chi connectivity index (χ4n) is 3.17. The van der Waals surface area contributed by atoms with Crippen LogP contribution in [0.1, 0.15) is 52.5 Å². The van der Waals surface area contributed by atoms with E-state index in [2.05, 4.69) is 6.92 Å². The van der Waals surface area contributed by atoms with Crippen molar-refractivity contribution < 1.29 is 14.3 Å². The first-order valence-electron chi connectivity index (χ1n) is 8.24. The zero-order valence-corrected chi connectivity index (χ0v) is 14.0. The lowest BCUT2D eigenvalue weighted by Crippen LogP contribution is -2.22. The van der Waals surface area contributed by atoms with Gasteiger partial charge in [0.15, 0.2) is 11.6 Å². The van der Waals surface area contributed by atoms with Gasteiger partial charge < -0.3 is 4.74 Å². The molecule has 3 rings (SSSR count). The molecule has 0 radical (unpaired) electrons. The van der Waals surface area contributed by atoms with Gasteiger partial charge >= 0.3 is 0 Å². The average molecular weight is 320 g/mol. The van der Waals surface area contributed by atoms with E-state index in [-0.39, 0.29) is 11.6 Å². The fourth-order valence-corrected chi connectivity index (χ4v) is 3.17. The van der Waals surface area contributed by atoms with Crippen molar-refractivity contribution in [2.75, 3.05) is 7.11 Å². The van der Waals surface area contributed by atoms with Crippen molar-refractivity contribution in [3.05, 3.63) is 70.8 Å². The Balaban J connectivity index is 2.24. The van der Waals surface area contributed by atoms with E-state index < -0.39 is 0 Å². The van der Waals surface area contributed by atoms with Crippen LogP contribution in [-0.2, 0) is 0 Å². The van der Waals surface area contributed by atoms with Crippen LogP contribution < -0.4 is 4.74 Å². The van der Waals surface area contributed by atoms with Crippen molar-refractivity contribution in [2.24, 2.45) is 0 Å². The van der Waals surface area contributed by atoms with Crippen LogP contribution >= 0.6 is 0 Å². The quantitative estimate of drug-likeness (QED) is 0.800. The van der Waals surface area contributed by atoms with Gasteiger partial charge in [0.25, 0.3) is 0 Å². The molecule has 0 heterocycles. The van der Waals surface area contributed by atoms with Crippen LogP contribution in [0.25, 0.3) is 5.57 Å². The first-order chi connectivity index (χ1) is 11.7. The highest BCUT2D eigenvalue weighted by atomic mass is 16.5. The maximum Gasteiger partial charge on any atom is 0.198 e. The minimum absolute atomic E-state index is 0.0594. The highest BCUT2D eigenvalue weighted by Crippen LogP contribution is 2.38. The molecule has 24 heavy (non-hydrogen) atoms. The second kappa shape index (κ2) is 6.83. The zero-order chi connectivity index (χ0) is 17.1. The molecule has 0 aromatic heterocycles. The SMILES string of the molecule is CCCCC1=C(c2ccccc2)C(=O)c2c(OC)cccc2C1=O. The van der Waals surface area contributed by atoms with E-state index in [9.17, 15) is 9.59 Å². The third-order valence-corrected chi connectivity index (χ3v) is 4.36.